The van der Waals surface area contributed by atoms with E-state index in [2.05, 4.69) is 0 Å². The monoisotopic (exact) mass is 387 g/mol. The zero-order valence-electron chi connectivity index (χ0n) is 3.19. The van der Waals surface area contributed by atoms with Crippen LogP contribution in [-0.2, 0) is 77.1 Å². The molecule has 0 heterocycles. The second kappa shape index (κ2) is 23.1. The van der Waals surface area contributed by atoms with Crippen molar-refractivity contribution in [3.63, 3.8) is 0 Å². The van der Waals surface area contributed by atoms with Crippen LogP contribution in [0.15, 0.2) is 0 Å². The van der Waals surface area contributed by atoms with E-state index in [0.29, 0.717) is 0 Å². The Bertz CT molecular complexity index is 31.7. The minimum Gasteiger partial charge on any atom is 0 e. The molecule has 0 aliphatic carbocycles. The molecule has 0 saturated heterocycles. The molecule has 0 N–H and O–H groups in total. The van der Waals surface area contributed by atoms with E-state index >= 15 is 0 Å². The molecule has 0 aliphatic rings. The Hall–Kier alpha value is 2.90. The van der Waals surface area contributed by atoms with E-state index in [1.807, 2.05) is 0 Å². The average Bonchev–Trinajstić information content (AvgIpc) is 1.37. The number of carbonyl (C=O) groups excluding carboxylic acids is 1. The Kier molecular flexibility index (Phi) is 74.4. The quantitative estimate of drug-likeness (QED) is 0.427. The van der Waals surface area contributed by atoms with Crippen molar-refractivity contribution < 1.29 is 77.1 Å². The summed E-state index contributed by atoms with van der Waals surface area (Å²) in [6.45, 7) is 0. The van der Waals surface area contributed by atoms with E-state index in [-0.39, 0.29) is 70.6 Å². The fraction of sp³-hybridized carbons (Fsp3) is 0.500. The molecule has 0 atom stereocenters. The molecule has 5 heteroatoms. The number of aldehydes is 1. The van der Waals surface area contributed by atoms with E-state index in [0.717, 1.165) is 10.4 Å². The molecular weight excluding hydrogens is 382 g/mol. The average molecular weight is 387 g/mol. The summed E-state index contributed by atoms with van der Waals surface area (Å²) < 4.78 is 0.729. The Morgan fingerprint density at radius 2 is 1.71 bits per heavy atom. The van der Waals surface area contributed by atoms with Gasteiger partial charge in [0.25, 0.3) is 0 Å². The SMILES string of the molecule is O=C[CH2][Zr].[Hf].[MgH2].[Ti]. The molecule has 0 unspecified atom stereocenters. The van der Waals surface area contributed by atoms with Crippen LogP contribution in [0.25, 0.3) is 0 Å². The van der Waals surface area contributed by atoms with Crippen molar-refractivity contribution in [1.82, 2.24) is 0 Å². The summed E-state index contributed by atoms with van der Waals surface area (Å²) in [5.41, 5.74) is 0. The Morgan fingerprint density at radius 1 is 1.57 bits per heavy atom. The van der Waals surface area contributed by atoms with Gasteiger partial charge in [-0.05, 0) is 0 Å². The summed E-state index contributed by atoms with van der Waals surface area (Å²) in [6, 6.07) is 0. The minimum absolute atomic E-state index is 0. The van der Waals surface area contributed by atoms with E-state index < -0.39 is 0 Å². The van der Waals surface area contributed by atoms with Gasteiger partial charge in [-0.25, -0.2) is 0 Å². The summed E-state index contributed by atoms with van der Waals surface area (Å²) in [4.78, 5) is 9.20. The molecule has 0 saturated carbocycles. The van der Waals surface area contributed by atoms with Crippen LogP contribution in [0.1, 0.15) is 0 Å². The van der Waals surface area contributed by atoms with Crippen molar-refractivity contribution in [1.29, 1.82) is 0 Å². The summed E-state index contributed by atoms with van der Waals surface area (Å²) in [5, 5.41) is 0. The van der Waals surface area contributed by atoms with Gasteiger partial charge in [0, 0.05) is 47.6 Å². The molecule has 0 radical (unpaired) electrons. The molecule has 0 aromatic heterocycles. The second-order valence-corrected chi connectivity index (χ2v) is 1.37. The third-order valence-corrected chi connectivity index (χ3v) is 0.493. The van der Waals surface area contributed by atoms with Crippen LogP contribution in [0.2, 0.25) is 4.13 Å². The van der Waals surface area contributed by atoms with E-state index in [4.69, 9.17) is 0 Å². The van der Waals surface area contributed by atoms with E-state index in [9.17, 15) is 4.79 Å². The van der Waals surface area contributed by atoms with Gasteiger partial charge >= 0.3 is 63.0 Å². The van der Waals surface area contributed by atoms with Crippen LogP contribution in [0, 0.1) is 0 Å². The summed E-state index contributed by atoms with van der Waals surface area (Å²) in [6.07, 6.45) is 0.915. The van der Waals surface area contributed by atoms with Gasteiger partial charge in [0.2, 0.25) is 0 Å². The van der Waals surface area contributed by atoms with E-state index in [1.165, 1.54) is 24.7 Å². The van der Waals surface area contributed by atoms with Gasteiger partial charge in [-0.1, -0.05) is 0 Å². The Morgan fingerprint density at radius 3 is 1.71 bits per heavy atom. The van der Waals surface area contributed by atoms with Crippen molar-refractivity contribution in [3.8, 4) is 0 Å². The Labute approximate surface area is 108 Å². The van der Waals surface area contributed by atoms with Crippen molar-refractivity contribution in [2.75, 3.05) is 0 Å². The van der Waals surface area contributed by atoms with Crippen molar-refractivity contribution in [2.45, 2.75) is 4.13 Å². The largest absolute Gasteiger partial charge is 0.316 e. The maximum atomic E-state index is 9.20. The molecule has 0 aliphatic heterocycles. The van der Waals surface area contributed by atoms with Gasteiger partial charge in [0.15, 0.2) is 0 Å². The number of hydrogen-bond donors (Lipinski definition) is 0. The molecule has 0 bridgehead atoms. The normalized spacial score (nSPS) is 3.29. The zero-order chi connectivity index (χ0) is 3.41. The fourth-order valence-electron chi connectivity index (χ4n) is 0. The van der Waals surface area contributed by atoms with Crippen molar-refractivity contribution >= 4 is 29.3 Å². The molecular formula is C2H5HfMgOTiZr. The summed E-state index contributed by atoms with van der Waals surface area (Å²) in [5.74, 6) is 0. The van der Waals surface area contributed by atoms with Crippen LogP contribution in [0.5, 0.6) is 0 Å². The molecule has 0 amide bonds. The van der Waals surface area contributed by atoms with Crippen LogP contribution in [0.4, 0.5) is 0 Å². The van der Waals surface area contributed by atoms with Crippen LogP contribution in [0.3, 0.4) is 0 Å². The van der Waals surface area contributed by atoms with Gasteiger partial charge in [-0.15, -0.1) is 0 Å². The van der Waals surface area contributed by atoms with Gasteiger partial charge < -0.3 is 0 Å². The van der Waals surface area contributed by atoms with Crippen molar-refractivity contribution in [3.05, 3.63) is 0 Å². The summed E-state index contributed by atoms with van der Waals surface area (Å²) >= 11 is 1.30. The number of rotatable bonds is 1. The molecule has 0 fully saturated rings. The van der Waals surface area contributed by atoms with Gasteiger partial charge in [-0.2, -0.15) is 0 Å². The molecule has 0 rings (SSSR count). The van der Waals surface area contributed by atoms with Crippen LogP contribution >= 0.6 is 0 Å². The van der Waals surface area contributed by atoms with Gasteiger partial charge in [0.1, 0.15) is 0 Å². The molecule has 7 heavy (non-hydrogen) atoms. The van der Waals surface area contributed by atoms with Gasteiger partial charge in [0.05, 0.1) is 0 Å². The molecule has 0 spiro atoms. The smallest absolute Gasteiger partial charge is 0 e. The fourth-order valence-corrected chi connectivity index (χ4v) is 0. The second-order valence-electron chi connectivity index (χ2n) is 0.371. The molecule has 33 valence electrons. The molecule has 0 aromatic rings. The first-order valence-corrected chi connectivity index (χ1v) is 2.74. The van der Waals surface area contributed by atoms with Crippen LogP contribution in [-0.4, -0.2) is 29.3 Å². The summed E-state index contributed by atoms with van der Waals surface area (Å²) in [7, 11) is 0. The maximum Gasteiger partial charge on any atom is 0.316 e. The predicted molar refractivity (Wildman–Crippen MR) is 19.4 cm³/mol. The molecule has 0 aromatic carbocycles. The standard InChI is InChI=1S/C2H3O.Hf.Mg.Ti.Zr.2H/c1-2-3;;;;;;/h2H,1H2;;;;;;. The first-order chi connectivity index (χ1) is 1.91. The topological polar surface area (TPSA) is 17.1 Å². The van der Waals surface area contributed by atoms with Crippen molar-refractivity contribution in [2.24, 2.45) is 0 Å². The number of carbonyl (C=O) groups is 1. The third kappa shape index (κ3) is 27.8. The minimum atomic E-state index is 0. The van der Waals surface area contributed by atoms with E-state index in [1.54, 1.807) is 0 Å². The predicted octanol–water partition coefficient (Wildman–Crippen LogP) is -0.771. The van der Waals surface area contributed by atoms with Crippen LogP contribution < -0.4 is 0 Å². The first kappa shape index (κ1) is 22.5. The molecule has 1 nitrogen and oxygen atoms in total. The van der Waals surface area contributed by atoms with Gasteiger partial charge in [-0.3, -0.25) is 0 Å². The first-order valence-electron chi connectivity index (χ1n) is 0.998. The Balaban J connectivity index is -0.0000000150. The zero-order valence-corrected chi connectivity index (χ0v) is 10.8. The third-order valence-electron chi connectivity index (χ3n) is 0.0833. The number of hydrogen-bond acceptors (Lipinski definition) is 1. The maximum absolute atomic E-state index is 9.20.